The number of hydrogen-bond acceptors (Lipinski definition) is 2. The minimum Gasteiger partial charge on any atom is -0.263 e. The van der Waals surface area contributed by atoms with Gasteiger partial charge in [0.1, 0.15) is 0 Å². The average molecular weight is 176 g/mol. The van der Waals surface area contributed by atoms with Crippen molar-refractivity contribution in [3.8, 4) is 0 Å². The maximum Gasteiger partial charge on any atom is 0.0450 e. The van der Waals surface area contributed by atoms with Crippen LogP contribution in [0.2, 0.25) is 0 Å². The number of aromatic nitrogens is 2. The summed E-state index contributed by atoms with van der Waals surface area (Å²) in [6.45, 7) is 6.02. The van der Waals surface area contributed by atoms with Gasteiger partial charge in [0.25, 0.3) is 0 Å². The van der Waals surface area contributed by atoms with Gasteiger partial charge in [-0.2, -0.15) is 0 Å². The molecule has 0 spiro atoms. The van der Waals surface area contributed by atoms with Crippen LogP contribution in [0.15, 0.2) is 43.0 Å². The first-order valence-corrected chi connectivity index (χ1v) is 4.44. The lowest BCUT2D eigenvalue weighted by molar-refractivity contribution is 1.26. The van der Waals surface area contributed by atoms with Crippen LogP contribution in [0.1, 0.15) is 19.4 Å². The van der Waals surface area contributed by atoms with E-state index in [1.54, 1.807) is 24.8 Å². The maximum atomic E-state index is 3.95. The van der Waals surface area contributed by atoms with Crippen LogP contribution in [0.3, 0.4) is 0 Å². The van der Waals surface area contributed by atoms with Crippen LogP contribution in [0.5, 0.6) is 0 Å². The molecule has 0 fully saturated rings. The third-order valence-corrected chi connectivity index (χ3v) is 1.19. The van der Waals surface area contributed by atoms with Gasteiger partial charge in [-0.25, -0.2) is 0 Å². The molecule has 0 aliphatic carbocycles. The summed E-state index contributed by atoms with van der Waals surface area (Å²) >= 11 is 0. The minimum atomic E-state index is 1.16. The smallest absolute Gasteiger partial charge is 0.0450 e. The van der Waals surface area contributed by atoms with Gasteiger partial charge in [-0.15, -0.1) is 0 Å². The number of aryl methyl sites for hydroxylation is 1. The van der Waals surface area contributed by atoms with E-state index in [-0.39, 0.29) is 0 Å². The molecule has 70 valence electrons. The molecule has 1 rings (SSSR count). The van der Waals surface area contributed by atoms with E-state index in [1.165, 1.54) is 0 Å². The summed E-state index contributed by atoms with van der Waals surface area (Å²) in [7, 11) is 0. The third-order valence-electron chi connectivity index (χ3n) is 1.19. The van der Waals surface area contributed by atoms with Gasteiger partial charge < -0.3 is 0 Å². The van der Waals surface area contributed by atoms with Gasteiger partial charge in [-0.1, -0.05) is 19.9 Å². The van der Waals surface area contributed by atoms with Crippen LogP contribution in [-0.4, -0.2) is 9.97 Å². The van der Waals surface area contributed by atoms with E-state index in [2.05, 4.69) is 9.97 Å². The highest BCUT2D eigenvalue weighted by molar-refractivity contribution is 5.04. The van der Waals surface area contributed by atoms with Gasteiger partial charge in [-0.05, 0) is 24.6 Å². The summed E-state index contributed by atoms with van der Waals surface area (Å²) in [6.07, 6.45) is 6.78. The van der Waals surface area contributed by atoms with Crippen molar-refractivity contribution in [1.82, 2.24) is 9.97 Å². The molecule has 0 aliphatic rings. The molecule has 0 N–H and O–H groups in total. The Morgan fingerprint density at radius 2 is 1.46 bits per heavy atom. The van der Waals surface area contributed by atoms with E-state index in [0.717, 1.165) is 5.56 Å². The first-order valence-electron chi connectivity index (χ1n) is 4.44. The molecule has 0 radical (unpaired) electrons. The van der Waals surface area contributed by atoms with Crippen molar-refractivity contribution >= 4 is 0 Å². The molecule has 0 bridgehead atoms. The Hall–Kier alpha value is -1.44. The Morgan fingerprint density at radius 1 is 0.846 bits per heavy atom. The first kappa shape index (κ1) is 11.6. The van der Waals surface area contributed by atoms with Gasteiger partial charge in [-0.3, -0.25) is 9.97 Å². The average Bonchev–Trinajstić information content (AvgIpc) is 2.19. The molecule has 1 aromatic heterocycles. The third kappa shape index (κ3) is 6.94. The van der Waals surface area contributed by atoms with Crippen molar-refractivity contribution in [2.45, 2.75) is 20.8 Å². The van der Waals surface area contributed by atoms with Gasteiger partial charge in [0.15, 0.2) is 0 Å². The van der Waals surface area contributed by atoms with Crippen LogP contribution < -0.4 is 0 Å². The summed E-state index contributed by atoms with van der Waals surface area (Å²) < 4.78 is 0. The number of hydrogen-bond donors (Lipinski definition) is 0. The molecular weight excluding hydrogens is 160 g/mol. The standard InChI is InChI=1S/C9H10N2.C2H6/c1-9-3-2-5-10-7-8-11-6-4-9;1-2/h2-8H,1H3;1-2H3. The molecule has 1 aromatic rings. The lowest BCUT2D eigenvalue weighted by Crippen LogP contribution is -1.66. The van der Waals surface area contributed by atoms with Crippen molar-refractivity contribution in [2.75, 3.05) is 0 Å². The molecule has 0 unspecified atom stereocenters. The van der Waals surface area contributed by atoms with Crippen molar-refractivity contribution in [2.24, 2.45) is 0 Å². The largest absolute Gasteiger partial charge is 0.263 e. The van der Waals surface area contributed by atoms with Crippen LogP contribution in [-0.2, 0) is 0 Å². The number of rotatable bonds is 0. The fraction of sp³-hybridized carbons (Fsp3) is 0.273. The highest BCUT2D eigenvalue weighted by atomic mass is 14.7. The summed E-state index contributed by atoms with van der Waals surface area (Å²) in [5.74, 6) is 0. The highest BCUT2D eigenvalue weighted by Crippen LogP contribution is 1.87. The molecule has 2 heteroatoms. The quantitative estimate of drug-likeness (QED) is 0.607. The van der Waals surface area contributed by atoms with Crippen molar-refractivity contribution in [3.63, 3.8) is 0 Å². The van der Waals surface area contributed by atoms with Crippen LogP contribution in [0, 0.1) is 6.92 Å². The number of nitrogens with zero attached hydrogens (tertiary/aromatic N) is 2. The Kier molecular flexibility index (Phi) is 7.70. The lowest BCUT2D eigenvalue weighted by atomic mass is 10.3. The first-order chi connectivity index (χ1) is 6.39. The molecule has 0 aromatic carbocycles. The van der Waals surface area contributed by atoms with Gasteiger partial charge in [0.2, 0.25) is 0 Å². The SMILES string of the molecule is CC.Cc1cccnccncc1. The van der Waals surface area contributed by atoms with E-state index in [0.29, 0.717) is 0 Å². The van der Waals surface area contributed by atoms with E-state index in [4.69, 9.17) is 0 Å². The fourth-order valence-corrected chi connectivity index (χ4v) is 0.637. The highest BCUT2D eigenvalue weighted by Gasteiger charge is 1.70. The molecule has 1 heterocycles. The topological polar surface area (TPSA) is 25.8 Å². The summed E-state index contributed by atoms with van der Waals surface area (Å²) in [5.41, 5.74) is 1.16. The molecule has 0 atom stereocenters. The zero-order valence-electron chi connectivity index (χ0n) is 8.44. The van der Waals surface area contributed by atoms with E-state index in [9.17, 15) is 0 Å². The van der Waals surface area contributed by atoms with Crippen molar-refractivity contribution in [1.29, 1.82) is 0 Å². The van der Waals surface area contributed by atoms with Crippen molar-refractivity contribution < 1.29 is 0 Å². The van der Waals surface area contributed by atoms with Crippen molar-refractivity contribution in [3.05, 3.63) is 48.5 Å². The summed E-state index contributed by atoms with van der Waals surface area (Å²) in [5, 5.41) is 0. The fourth-order valence-electron chi connectivity index (χ4n) is 0.637. The molecule has 13 heavy (non-hydrogen) atoms. The predicted octanol–water partition coefficient (Wildman–Crippen LogP) is 2.94. The van der Waals surface area contributed by atoms with Gasteiger partial charge in [0.05, 0.1) is 0 Å². The van der Waals surface area contributed by atoms with Crippen LogP contribution >= 0.6 is 0 Å². The Morgan fingerprint density at radius 3 is 2.15 bits per heavy atom. The molecule has 2 nitrogen and oxygen atoms in total. The van der Waals surface area contributed by atoms with E-state index >= 15 is 0 Å². The Labute approximate surface area is 80.0 Å². The summed E-state index contributed by atoms with van der Waals surface area (Å²) in [4.78, 5) is 7.89. The second-order valence-electron chi connectivity index (χ2n) is 2.16. The predicted molar refractivity (Wildman–Crippen MR) is 55.7 cm³/mol. The molecule has 0 saturated heterocycles. The zero-order chi connectivity index (χ0) is 9.94. The molecule has 0 aliphatic heterocycles. The zero-order valence-corrected chi connectivity index (χ0v) is 8.44. The normalized spacial score (nSPS) is 7.62. The second kappa shape index (κ2) is 8.65. The molecular formula is C11H16N2. The van der Waals surface area contributed by atoms with E-state index in [1.807, 2.05) is 39.0 Å². The minimum absolute atomic E-state index is 1.16. The van der Waals surface area contributed by atoms with Crippen LogP contribution in [0.4, 0.5) is 0 Å². The molecule has 0 amide bonds. The van der Waals surface area contributed by atoms with Gasteiger partial charge in [0, 0.05) is 24.8 Å². The van der Waals surface area contributed by atoms with Gasteiger partial charge >= 0.3 is 0 Å². The summed E-state index contributed by atoms with van der Waals surface area (Å²) in [6, 6.07) is 5.82. The Bertz CT molecular complexity index is 245. The lowest BCUT2D eigenvalue weighted by Gasteiger charge is -1.79. The molecule has 0 saturated carbocycles. The maximum absolute atomic E-state index is 3.95. The van der Waals surface area contributed by atoms with Crippen LogP contribution in [0.25, 0.3) is 0 Å². The van der Waals surface area contributed by atoms with E-state index < -0.39 is 0 Å². The second-order valence-corrected chi connectivity index (χ2v) is 2.16. The Balaban J connectivity index is 0.000000671. The monoisotopic (exact) mass is 176 g/mol.